The van der Waals surface area contributed by atoms with Gasteiger partial charge in [-0.1, -0.05) is 38.5 Å². The molecule has 0 spiro atoms. The number of carbonyl (C=O) groups is 1. The van der Waals surface area contributed by atoms with Crippen molar-refractivity contribution in [3.63, 3.8) is 0 Å². The standard InChI is InChI=1S/C21H32O5/c1-15(25-2)10-8-6-4-3-5-7-9-11-18-13-16-12-17(22)14-19(23)20(16)21(24)26-18/h12,14-15,18,22-23H,3-11,13H2,1-2H3/t15-,18+/m0/s1. The number of esters is 1. The van der Waals surface area contributed by atoms with Crippen molar-refractivity contribution >= 4 is 5.97 Å². The Balaban J connectivity index is 1.60. The Labute approximate surface area is 156 Å². The number of hydrogen-bond acceptors (Lipinski definition) is 5. The number of aromatic hydroxyl groups is 2. The molecule has 146 valence electrons. The third kappa shape index (κ3) is 6.20. The summed E-state index contributed by atoms with van der Waals surface area (Å²) < 4.78 is 10.7. The number of phenolic OH excluding ortho intramolecular Hbond substituents is 2. The van der Waals surface area contributed by atoms with Gasteiger partial charge in [-0.15, -0.1) is 0 Å². The van der Waals surface area contributed by atoms with Gasteiger partial charge in [0.1, 0.15) is 23.2 Å². The minimum Gasteiger partial charge on any atom is -0.508 e. The number of ether oxygens (including phenoxy) is 2. The van der Waals surface area contributed by atoms with Crippen LogP contribution in [0, 0.1) is 0 Å². The first-order valence-electron chi connectivity index (χ1n) is 9.80. The van der Waals surface area contributed by atoms with Crippen LogP contribution in [0.15, 0.2) is 12.1 Å². The maximum atomic E-state index is 12.1. The van der Waals surface area contributed by atoms with Gasteiger partial charge in [-0.3, -0.25) is 0 Å². The highest BCUT2D eigenvalue weighted by molar-refractivity contribution is 5.95. The van der Waals surface area contributed by atoms with Crippen LogP contribution in [0.5, 0.6) is 11.5 Å². The van der Waals surface area contributed by atoms with Crippen molar-refractivity contribution in [3.05, 3.63) is 23.3 Å². The summed E-state index contributed by atoms with van der Waals surface area (Å²) in [4.78, 5) is 12.1. The van der Waals surface area contributed by atoms with E-state index >= 15 is 0 Å². The third-order valence-electron chi connectivity index (χ3n) is 5.15. The highest BCUT2D eigenvalue weighted by Gasteiger charge is 2.29. The Hall–Kier alpha value is -1.75. The van der Waals surface area contributed by atoms with Crippen molar-refractivity contribution < 1.29 is 24.5 Å². The summed E-state index contributed by atoms with van der Waals surface area (Å²) in [6.45, 7) is 2.11. The predicted octanol–water partition coefficient (Wildman–Crippen LogP) is 4.73. The smallest absolute Gasteiger partial charge is 0.342 e. The molecule has 1 aromatic rings. The van der Waals surface area contributed by atoms with Gasteiger partial charge in [0.2, 0.25) is 0 Å². The van der Waals surface area contributed by atoms with Crippen LogP contribution in [0.3, 0.4) is 0 Å². The van der Waals surface area contributed by atoms with Crippen molar-refractivity contribution in [3.8, 4) is 11.5 Å². The molecule has 0 unspecified atom stereocenters. The lowest BCUT2D eigenvalue weighted by atomic mass is 9.94. The summed E-state index contributed by atoms with van der Waals surface area (Å²) in [7, 11) is 1.76. The van der Waals surface area contributed by atoms with Crippen molar-refractivity contribution in [2.45, 2.75) is 83.3 Å². The first-order valence-corrected chi connectivity index (χ1v) is 9.80. The molecule has 0 saturated carbocycles. The average molecular weight is 364 g/mol. The molecule has 0 radical (unpaired) electrons. The van der Waals surface area contributed by atoms with Gasteiger partial charge in [0.15, 0.2) is 0 Å². The van der Waals surface area contributed by atoms with E-state index in [2.05, 4.69) is 6.92 Å². The van der Waals surface area contributed by atoms with E-state index in [1.165, 1.54) is 38.2 Å². The van der Waals surface area contributed by atoms with Crippen LogP contribution >= 0.6 is 0 Å². The van der Waals surface area contributed by atoms with Gasteiger partial charge < -0.3 is 19.7 Å². The largest absolute Gasteiger partial charge is 0.508 e. The molecule has 0 aliphatic carbocycles. The maximum Gasteiger partial charge on any atom is 0.342 e. The van der Waals surface area contributed by atoms with Crippen molar-refractivity contribution in [1.82, 2.24) is 0 Å². The monoisotopic (exact) mass is 364 g/mol. The lowest BCUT2D eigenvalue weighted by molar-refractivity contribution is 0.0227. The molecule has 2 atom stereocenters. The highest BCUT2D eigenvalue weighted by Crippen LogP contribution is 2.33. The Kier molecular flexibility index (Phi) is 8.23. The normalized spacial score (nSPS) is 17.6. The molecule has 0 fully saturated rings. The van der Waals surface area contributed by atoms with E-state index in [4.69, 9.17) is 9.47 Å². The molecular weight excluding hydrogens is 332 g/mol. The van der Waals surface area contributed by atoms with Crippen molar-refractivity contribution in [2.24, 2.45) is 0 Å². The summed E-state index contributed by atoms with van der Waals surface area (Å²) in [5.41, 5.74) is 0.871. The van der Waals surface area contributed by atoms with E-state index in [-0.39, 0.29) is 23.2 Å². The molecule has 0 amide bonds. The van der Waals surface area contributed by atoms with Gasteiger partial charge in [-0.2, -0.15) is 0 Å². The quantitative estimate of drug-likeness (QED) is 0.439. The molecule has 26 heavy (non-hydrogen) atoms. The summed E-state index contributed by atoms with van der Waals surface area (Å²) >= 11 is 0. The molecule has 1 heterocycles. The number of cyclic esters (lactones) is 1. The van der Waals surface area contributed by atoms with Crippen molar-refractivity contribution in [2.75, 3.05) is 7.11 Å². The van der Waals surface area contributed by atoms with Crippen LogP contribution in [-0.2, 0) is 15.9 Å². The molecule has 1 aliphatic rings. The summed E-state index contributed by atoms with van der Waals surface area (Å²) in [5, 5.41) is 19.4. The zero-order valence-electron chi connectivity index (χ0n) is 16.0. The minimum absolute atomic E-state index is 0.0189. The molecule has 0 bridgehead atoms. The van der Waals surface area contributed by atoms with Crippen LogP contribution in [0.25, 0.3) is 0 Å². The minimum atomic E-state index is -0.487. The zero-order valence-corrected chi connectivity index (χ0v) is 16.0. The molecule has 0 aromatic heterocycles. The summed E-state index contributed by atoms with van der Waals surface area (Å²) in [5.74, 6) is -0.711. The fourth-order valence-corrected chi connectivity index (χ4v) is 3.53. The number of fused-ring (bicyclic) bond motifs is 1. The molecule has 2 rings (SSSR count). The van der Waals surface area contributed by atoms with Crippen LogP contribution < -0.4 is 0 Å². The number of carbonyl (C=O) groups excluding carboxylic acids is 1. The summed E-state index contributed by atoms with van der Waals surface area (Å²) in [6.07, 6.45) is 11.1. The van der Waals surface area contributed by atoms with Gasteiger partial charge in [-0.25, -0.2) is 4.79 Å². The number of benzene rings is 1. The lowest BCUT2D eigenvalue weighted by Crippen LogP contribution is -2.27. The second-order valence-corrected chi connectivity index (χ2v) is 7.33. The first kappa shape index (κ1) is 20.6. The Morgan fingerprint density at radius 3 is 2.46 bits per heavy atom. The molecule has 2 N–H and O–H groups in total. The second-order valence-electron chi connectivity index (χ2n) is 7.33. The first-order chi connectivity index (χ1) is 12.5. The van der Waals surface area contributed by atoms with Crippen LogP contribution in [0.1, 0.15) is 80.6 Å². The highest BCUT2D eigenvalue weighted by atomic mass is 16.5. The molecule has 5 heteroatoms. The molecular formula is C21H32O5. The zero-order chi connectivity index (χ0) is 18.9. The van der Waals surface area contributed by atoms with Crippen LogP contribution in [0.4, 0.5) is 0 Å². The predicted molar refractivity (Wildman–Crippen MR) is 101 cm³/mol. The fraction of sp³-hybridized carbons (Fsp3) is 0.667. The van der Waals surface area contributed by atoms with E-state index < -0.39 is 5.97 Å². The fourth-order valence-electron chi connectivity index (χ4n) is 3.53. The Bertz CT molecular complexity index is 584. The van der Waals surface area contributed by atoms with E-state index in [1.54, 1.807) is 13.2 Å². The number of rotatable bonds is 11. The number of hydrogen-bond donors (Lipinski definition) is 2. The van der Waals surface area contributed by atoms with E-state index in [0.717, 1.165) is 25.7 Å². The summed E-state index contributed by atoms with van der Waals surface area (Å²) in [6, 6.07) is 2.73. The number of methoxy groups -OCH3 is 1. The lowest BCUT2D eigenvalue weighted by Gasteiger charge is -2.25. The maximum absolute atomic E-state index is 12.1. The Morgan fingerprint density at radius 1 is 1.12 bits per heavy atom. The topological polar surface area (TPSA) is 76.0 Å². The van der Waals surface area contributed by atoms with Crippen LogP contribution in [-0.4, -0.2) is 35.5 Å². The van der Waals surface area contributed by atoms with Gasteiger partial charge in [-0.05, 0) is 37.8 Å². The molecule has 1 aliphatic heterocycles. The SMILES string of the molecule is CO[C@@H](C)CCCCCCCCC[C@@H]1Cc2cc(O)cc(O)c2C(=O)O1. The van der Waals surface area contributed by atoms with Gasteiger partial charge in [0, 0.05) is 19.6 Å². The van der Waals surface area contributed by atoms with Gasteiger partial charge >= 0.3 is 5.97 Å². The van der Waals surface area contributed by atoms with E-state index in [1.807, 2.05) is 0 Å². The number of unbranched alkanes of at least 4 members (excludes halogenated alkanes) is 6. The number of phenols is 2. The molecule has 1 aromatic carbocycles. The van der Waals surface area contributed by atoms with E-state index in [0.29, 0.717) is 18.1 Å². The van der Waals surface area contributed by atoms with E-state index in [9.17, 15) is 15.0 Å². The molecule has 5 nitrogen and oxygen atoms in total. The average Bonchev–Trinajstić information content (AvgIpc) is 2.59. The second kappa shape index (κ2) is 10.4. The van der Waals surface area contributed by atoms with Gasteiger partial charge in [0.05, 0.1) is 6.10 Å². The van der Waals surface area contributed by atoms with Gasteiger partial charge in [0.25, 0.3) is 0 Å². The van der Waals surface area contributed by atoms with Crippen molar-refractivity contribution in [1.29, 1.82) is 0 Å². The third-order valence-corrected chi connectivity index (χ3v) is 5.15. The Morgan fingerprint density at radius 2 is 1.77 bits per heavy atom. The molecule has 0 saturated heterocycles. The van der Waals surface area contributed by atoms with Crippen LogP contribution in [0.2, 0.25) is 0 Å².